The van der Waals surface area contributed by atoms with Crippen LogP contribution in [-0.4, -0.2) is 49.4 Å². The Bertz CT molecular complexity index is 2460. The van der Waals surface area contributed by atoms with Crippen molar-refractivity contribution in [3.63, 3.8) is 0 Å². The summed E-state index contributed by atoms with van der Waals surface area (Å²) in [6, 6.07) is 26.8. The number of fused-ring (bicyclic) bond motifs is 1. The summed E-state index contributed by atoms with van der Waals surface area (Å²) in [5.41, 5.74) is 3.88. The monoisotopic (exact) mass is 778 g/mol. The molecule has 0 amide bonds. The number of sulfone groups is 1. The Morgan fingerprint density at radius 3 is 2.42 bits per heavy atom. The van der Waals surface area contributed by atoms with E-state index in [1.807, 2.05) is 43.3 Å². The van der Waals surface area contributed by atoms with Gasteiger partial charge in [0.2, 0.25) is 0 Å². The highest BCUT2D eigenvalue weighted by Gasteiger charge is 2.29. The fourth-order valence-electron chi connectivity index (χ4n) is 5.38. The van der Waals surface area contributed by atoms with E-state index in [-0.39, 0.29) is 23.1 Å². The van der Waals surface area contributed by atoms with Crippen molar-refractivity contribution in [2.75, 3.05) is 17.3 Å². The van der Waals surface area contributed by atoms with Crippen molar-refractivity contribution in [3.8, 4) is 17.1 Å². The van der Waals surface area contributed by atoms with E-state index in [9.17, 15) is 21.2 Å². The smallest absolute Gasteiger partial charge is 0.294 e. The molecule has 6 aromatic rings. The first-order valence-electron chi connectivity index (χ1n) is 16.5. The van der Waals surface area contributed by atoms with Crippen LogP contribution in [-0.2, 0) is 26.6 Å². The van der Waals surface area contributed by atoms with E-state index >= 15 is 0 Å². The maximum Gasteiger partial charge on any atom is 0.294 e. The maximum absolute atomic E-state index is 13.5. The molecule has 0 spiro atoms. The second-order valence-electron chi connectivity index (χ2n) is 12.7. The Hall–Kier alpha value is -4.86. The van der Waals surface area contributed by atoms with E-state index in [4.69, 9.17) is 25.3 Å². The molecule has 2 aromatic heterocycles. The van der Waals surface area contributed by atoms with Crippen LogP contribution in [0.25, 0.3) is 22.2 Å². The first-order chi connectivity index (χ1) is 25.2. The molecule has 0 aliphatic heterocycles. The molecule has 1 fully saturated rings. The summed E-state index contributed by atoms with van der Waals surface area (Å²) in [6.45, 7) is 2.03. The molecule has 7 rings (SSSR count). The number of ether oxygens (including phenoxy) is 1. The Morgan fingerprint density at radius 2 is 1.74 bits per heavy atom. The molecule has 0 bridgehead atoms. The lowest BCUT2D eigenvalue weighted by Gasteiger charge is -2.15. The minimum atomic E-state index is -4.02. The number of halogens is 2. The van der Waals surface area contributed by atoms with Gasteiger partial charge in [0.15, 0.2) is 0 Å². The van der Waals surface area contributed by atoms with Gasteiger partial charge in [0.05, 0.1) is 27.2 Å². The lowest BCUT2D eigenvalue weighted by atomic mass is 10.1. The van der Waals surface area contributed by atoms with Crippen LogP contribution in [0.2, 0.25) is 5.02 Å². The van der Waals surface area contributed by atoms with Gasteiger partial charge in [0.1, 0.15) is 51.7 Å². The summed E-state index contributed by atoms with van der Waals surface area (Å²) >= 11 is 6.49. The number of nitrogens with one attached hydrogen (secondary N) is 2. The Labute approximate surface area is 311 Å². The molecule has 4 aromatic carbocycles. The Balaban J connectivity index is 0.000000376. The highest BCUT2D eigenvalue weighted by atomic mass is 35.5. The molecule has 0 radical (unpaired) electrons. The normalized spacial score (nSPS) is 13.6. The van der Waals surface area contributed by atoms with Gasteiger partial charge in [-0.2, -0.15) is 8.42 Å². The zero-order valence-corrected chi connectivity index (χ0v) is 31.1. The molecular formula is C38H36ClFN4O7S2. The molecule has 276 valence electrons. The summed E-state index contributed by atoms with van der Waals surface area (Å²) in [5.74, 6) is 1.88. The number of aromatic nitrogens is 2. The largest absolute Gasteiger partial charge is 0.487 e. The summed E-state index contributed by atoms with van der Waals surface area (Å²) in [5, 5.41) is 7.84. The molecule has 1 saturated carbocycles. The van der Waals surface area contributed by atoms with E-state index in [1.54, 1.807) is 36.4 Å². The molecule has 15 heteroatoms. The van der Waals surface area contributed by atoms with Crippen molar-refractivity contribution < 1.29 is 34.9 Å². The number of hydrogen-bond donors (Lipinski definition) is 3. The third kappa shape index (κ3) is 10.6. The summed E-state index contributed by atoms with van der Waals surface area (Å²) in [7, 11) is -7.23. The van der Waals surface area contributed by atoms with Crippen LogP contribution in [0, 0.1) is 12.7 Å². The fourth-order valence-corrected chi connectivity index (χ4v) is 6.97. The number of benzene rings is 4. The molecule has 0 saturated heterocycles. The van der Waals surface area contributed by atoms with Crippen molar-refractivity contribution in [3.05, 3.63) is 131 Å². The van der Waals surface area contributed by atoms with Crippen LogP contribution in [0.4, 0.5) is 15.9 Å². The van der Waals surface area contributed by atoms with Crippen LogP contribution in [0.5, 0.6) is 5.75 Å². The number of nitrogens with zero attached hydrogens (tertiary/aromatic N) is 2. The van der Waals surface area contributed by atoms with Crippen LogP contribution in [0.15, 0.2) is 113 Å². The van der Waals surface area contributed by atoms with Gasteiger partial charge in [0.25, 0.3) is 10.1 Å². The Kier molecular flexibility index (Phi) is 11.5. The molecule has 53 heavy (non-hydrogen) atoms. The highest BCUT2D eigenvalue weighted by molar-refractivity contribution is 7.90. The third-order valence-corrected chi connectivity index (χ3v) is 10.3. The van der Waals surface area contributed by atoms with E-state index in [2.05, 4.69) is 20.6 Å². The minimum absolute atomic E-state index is 0.0344. The highest BCUT2D eigenvalue weighted by Crippen LogP contribution is 2.34. The van der Waals surface area contributed by atoms with Gasteiger partial charge in [0, 0.05) is 28.9 Å². The summed E-state index contributed by atoms with van der Waals surface area (Å²) in [4.78, 5) is 8.77. The number of anilines is 2. The lowest BCUT2D eigenvalue weighted by molar-refractivity contribution is 0.306. The molecule has 0 unspecified atom stereocenters. The van der Waals surface area contributed by atoms with Crippen molar-refractivity contribution >= 4 is 54.0 Å². The van der Waals surface area contributed by atoms with Gasteiger partial charge < -0.3 is 19.8 Å². The molecule has 3 N–H and O–H groups in total. The SMILES string of the molecule is CS(=O)(=O)C[C@H](NC1CC1)c1ccc(-c2ccc3ncnc(Nc4ccc(OCc5cccc(F)c5)c(Cl)c4)c3c2)o1.Cc1ccc(S(=O)(=O)O)cc1. The van der Waals surface area contributed by atoms with Crippen LogP contribution < -0.4 is 15.4 Å². The van der Waals surface area contributed by atoms with Crippen LogP contribution in [0.1, 0.15) is 35.8 Å². The number of hydrogen-bond acceptors (Lipinski definition) is 10. The second kappa shape index (κ2) is 16.0. The van der Waals surface area contributed by atoms with Gasteiger partial charge in [-0.1, -0.05) is 41.4 Å². The molecule has 2 heterocycles. The molecule has 1 aliphatic carbocycles. The van der Waals surface area contributed by atoms with E-state index < -0.39 is 26.0 Å². The zero-order valence-electron chi connectivity index (χ0n) is 28.7. The summed E-state index contributed by atoms with van der Waals surface area (Å²) in [6.07, 6.45) is 4.78. The van der Waals surface area contributed by atoms with Gasteiger partial charge in [-0.25, -0.2) is 22.8 Å². The number of aryl methyl sites for hydroxylation is 1. The Morgan fingerprint density at radius 1 is 0.962 bits per heavy atom. The number of rotatable bonds is 12. The first-order valence-corrected chi connectivity index (χ1v) is 20.3. The predicted molar refractivity (Wildman–Crippen MR) is 202 cm³/mol. The van der Waals surface area contributed by atoms with Crippen molar-refractivity contribution in [1.29, 1.82) is 0 Å². The maximum atomic E-state index is 13.5. The standard InChI is InChI=1S/C31H28ClFN4O4S.C7H8O3S/c1-42(38,39)17-27(36-22-6-7-22)30-12-11-28(41-30)20-5-9-26-24(14-20)31(35-18-34-26)37-23-8-10-29(25(32)15-23)40-16-19-3-2-4-21(33)13-19;1-6-2-4-7(5-3-6)11(8,9)10/h2-5,8-15,18,22,27,36H,6-7,16-17H2,1H3,(H,34,35,37);2-5H,1H3,(H,8,9,10)/t27-;/m0./s1. The third-order valence-electron chi connectivity index (χ3n) is 8.17. The number of furan rings is 1. The lowest BCUT2D eigenvalue weighted by Crippen LogP contribution is -2.29. The van der Waals surface area contributed by atoms with Gasteiger partial charge in [-0.15, -0.1) is 0 Å². The topological polar surface area (TPSA) is 161 Å². The fraction of sp³-hybridized carbons (Fsp3) is 0.211. The van der Waals surface area contributed by atoms with Crippen molar-refractivity contribution in [2.24, 2.45) is 0 Å². The van der Waals surface area contributed by atoms with Crippen molar-refractivity contribution in [2.45, 2.75) is 43.4 Å². The zero-order chi connectivity index (χ0) is 37.8. The molecule has 11 nitrogen and oxygen atoms in total. The molecule has 1 aliphatic rings. The van der Waals surface area contributed by atoms with Crippen LogP contribution in [0.3, 0.4) is 0 Å². The molecular weight excluding hydrogens is 743 g/mol. The van der Waals surface area contributed by atoms with Crippen LogP contribution >= 0.6 is 11.6 Å². The van der Waals surface area contributed by atoms with Gasteiger partial charge in [-0.3, -0.25) is 4.55 Å². The van der Waals surface area contributed by atoms with E-state index in [0.717, 1.165) is 34.9 Å². The summed E-state index contributed by atoms with van der Waals surface area (Å²) < 4.78 is 79.0. The van der Waals surface area contributed by atoms with Gasteiger partial charge >= 0.3 is 0 Å². The van der Waals surface area contributed by atoms with E-state index in [1.165, 1.54) is 36.8 Å². The predicted octanol–water partition coefficient (Wildman–Crippen LogP) is 8.08. The van der Waals surface area contributed by atoms with Gasteiger partial charge in [-0.05, 0) is 98.1 Å². The first kappa shape index (κ1) is 37.9. The second-order valence-corrected chi connectivity index (χ2v) is 16.7. The average molecular weight is 779 g/mol. The molecule has 1 atom stereocenters. The minimum Gasteiger partial charge on any atom is -0.487 e. The van der Waals surface area contributed by atoms with Crippen molar-refractivity contribution in [1.82, 2.24) is 15.3 Å². The quantitative estimate of drug-likeness (QED) is 0.103. The average Bonchev–Trinajstić information content (AvgIpc) is 3.78. The van der Waals surface area contributed by atoms with E-state index in [0.29, 0.717) is 45.4 Å².